The molecule has 1 aliphatic rings. The van der Waals surface area contributed by atoms with Crippen LogP contribution in [0.2, 0.25) is 0 Å². The SMILES string of the molecule is COCCOCCCNS(=O)(=O)c1ccc2c(c1)CC(C)N2C(C)=O. The number of fused-ring (bicyclic) bond motifs is 1. The third-order valence-electron chi connectivity index (χ3n) is 4.11. The van der Waals surface area contributed by atoms with Crippen LogP contribution in [0, 0.1) is 0 Å². The Morgan fingerprint density at radius 3 is 2.76 bits per heavy atom. The van der Waals surface area contributed by atoms with Gasteiger partial charge in [-0.1, -0.05) is 0 Å². The van der Waals surface area contributed by atoms with Crippen LogP contribution in [0.5, 0.6) is 0 Å². The molecule has 0 radical (unpaired) electrons. The Morgan fingerprint density at radius 2 is 2.08 bits per heavy atom. The van der Waals surface area contributed by atoms with Crippen molar-refractivity contribution in [1.29, 1.82) is 0 Å². The Hall–Kier alpha value is -1.48. The van der Waals surface area contributed by atoms with Gasteiger partial charge < -0.3 is 14.4 Å². The molecule has 1 aliphatic heterocycles. The molecule has 140 valence electrons. The average molecular weight is 370 g/mol. The molecule has 1 aromatic carbocycles. The molecule has 1 atom stereocenters. The van der Waals surface area contributed by atoms with Crippen LogP contribution in [-0.4, -0.2) is 53.8 Å². The lowest BCUT2D eigenvalue weighted by atomic mass is 10.1. The summed E-state index contributed by atoms with van der Waals surface area (Å²) in [6, 6.07) is 4.96. The van der Waals surface area contributed by atoms with E-state index in [1.807, 2.05) is 6.92 Å². The molecule has 1 heterocycles. The Kier molecular flexibility index (Phi) is 6.95. The molecule has 25 heavy (non-hydrogen) atoms. The molecule has 2 rings (SSSR count). The standard InChI is InChI=1S/C17H26N2O5S/c1-13-11-15-12-16(5-6-17(15)19(13)14(2)20)25(21,22)18-7-4-8-24-10-9-23-3/h5-6,12-13,18H,4,7-11H2,1-3H3. The van der Waals surface area contributed by atoms with Crippen LogP contribution in [0.3, 0.4) is 0 Å². The van der Waals surface area contributed by atoms with Gasteiger partial charge in [-0.2, -0.15) is 0 Å². The van der Waals surface area contributed by atoms with E-state index in [2.05, 4.69) is 4.72 Å². The maximum Gasteiger partial charge on any atom is 0.240 e. The van der Waals surface area contributed by atoms with E-state index in [1.54, 1.807) is 30.2 Å². The van der Waals surface area contributed by atoms with Crippen molar-refractivity contribution < 1.29 is 22.7 Å². The number of sulfonamides is 1. The summed E-state index contributed by atoms with van der Waals surface area (Å²) in [6.45, 7) is 5.28. The molecule has 0 spiro atoms. The minimum Gasteiger partial charge on any atom is -0.382 e. The van der Waals surface area contributed by atoms with E-state index >= 15 is 0 Å². The monoisotopic (exact) mass is 370 g/mol. The zero-order chi connectivity index (χ0) is 18.4. The Bertz CT molecular complexity index is 705. The normalized spacial score (nSPS) is 16.9. The van der Waals surface area contributed by atoms with Gasteiger partial charge >= 0.3 is 0 Å². The Balaban J connectivity index is 1.95. The summed E-state index contributed by atoms with van der Waals surface area (Å²) in [5, 5.41) is 0. The fourth-order valence-corrected chi connectivity index (χ4v) is 4.09. The number of amides is 1. The van der Waals surface area contributed by atoms with Gasteiger partial charge in [0.2, 0.25) is 15.9 Å². The van der Waals surface area contributed by atoms with Crippen molar-refractivity contribution in [2.75, 3.05) is 38.4 Å². The van der Waals surface area contributed by atoms with Crippen molar-refractivity contribution in [3.8, 4) is 0 Å². The maximum atomic E-state index is 12.4. The van der Waals surface area contributed by atoms with E-state index in [4.69, 9.17) is 9.47 Å². The number of carbonyl (C=O) groups is 1. The van der Waals surface area contributed by atoms with Crippen LogP contribution in [-0.2, 0) is 30.7 Å². The summed E-state index contributed by atoms with van der Waals surface area (Å²) in [6.07, 6.45) is 1.24. The molecule has 0 saturated carbocycles. The zero-order valence-electron chi connectivity index (χ0n) is 14.9. The van der Waals surface area contributed by atoms with Gasteiger partial charge in [0.15, 0.2) is 0 Å². The zero-order valence-corrected chi connectivity index (χ0v) is 15.8. The molecule has 1 aromatic rings. The van der Waals surface area contributed by atoms with Crippen molar-refractivity contribution in [2.24, 2.45) is 0 Å². The van der Waals surface area contributed by atoms with Gasteiger partial charge in [-0.15, -0.1) is 0 Å². The molecule has 1 amide bonds. The number of methoxy groups -OCH3 is 1. The number of ether oxygens (including phenoxy) is 2. The van der Waals surface area contributed by atoms with E-state index in [1.165, 1.54) is 6.92 Å². The minimum atomic E-state index is -3.57. The van der Waals surface area contributed by atoms with Gasteiger partial charge in [0, 0.05) is 38.9 Å². The lowest BCUT2D eigenvalue weighted by Gasteiger charge is -2.20. The molecule has 0 fully saturated rings. The molecule has 0 saturated heterocycles. The highest BCUT2D eigenvalue weighted by Gasteiger charge is 2.30. The molecule has 0 aromatic heterocycles. The largest absolute Gasteiger partial charge is 0.382 e. The Morgan fingerprint density at radius 1 is 1.32 bits per heavy atom. The van der Waals surface area contributed by atoms with Crippen molar-refractivity contribution in [2.45, 2.75) is 37.6 Å². The second-order valence-corrected chi connectivity index (χ2v) is 7.86. The molecular weight excluding hydrogens is 344 g/mol. The van der Waals surface area contributed by atoms with Crippen molar-refractivity contribution >= 4 is 21.6 Å². The van der Waals surface area contributed by atoms with Gasteiger partial charge in [-0.25, -0.2) is 13.1 Å². The minimum absolute atomic E-state index is 0.0338. The number of rotatable bonds is 9. The topological polar surface area (TPSA) is 84.9 Å². The number of nitrogens with one attached hydrogen (secondary N) is 1. The predicted molar refractivity (Wildman–Crippen MR) is 95.3 cm³/mol. The van der Waals surface area contributed by atoms with Crippen molar-refractivity contribution in [3.63, 3.8) is 0 Å². The molecule has 8 heteroatoms. The first-order valence-electron chi connectivity index (χ1n) is 8.36. The summed E-state index contributed by atoms with van der Waals surface area (Å²) < 4.78 is 37.6. The molecule has 1 N–H and O–H groups in total. The van der Waals surface area contributed by atoms with Crippen LogP contribution in [0.4, 0.5) is 5.69 Å². The maximum absolute atomic E-state index is 12.4. The molecule has 1 unspecified atom stereocenters. The van der Waals surface area contributed by atoms with Gasteiger partial charge in [0.05, 0.1) is 18.1 Å². The summed E-state index contributed by atoms with van der Waals surface area (Å²) in [5.74, 6) is -0.0338. The highest BCUT2D eigenvalue weighted by atomic mass is 32.2. The van der Waals surface area contributed by atoms with E-state index in [9.17, 15) is 13.2 Å². The lowest BCUT2D eigenvalue weighted by molar-refractivity contribution is -0.116. The highest BCUT2D eigenvalue weighted by molar-refractivity contribution is 7.89. The number of nitrogens with zero attached hydrogens (tertiary/aromatic N) is 1. The van der Waals surface area contributed by atoms with Crippen LogP contribution in [0.25, 0.3) is 0 Å². The highest BCUT2D eigenvalue weighted by Crippen LogP contribution is 2.33. The molecule has 0 aliphatic carbocycles. The number of carbonyl (C=O) groups excluding carboxylic acids is 1. The first-order chi connectivity index (χ1) is 11.9. The Labute approximate surface area is 149 Å². The lowest BCUT2D eigenvalue weighted by Crippen LogP contribution is -2.33. The van der Waals surface area contributed by atoms with Crippen molar-refractivity contribution in [3.05, 3.63) is 23.8 Å². The number of anilines is 1. The summed E-state index contributed by atoms with van der Waals surface area (Å²) in [7, 11) is -1.97. The predicted octanol–water partition coefficient (Wildman–Crippen LogP) is 1.32. The van der Waals surface area contributed by atoms with Crippen LogP contribution in [0.15, 0.2) is 23.1 Å². The third-order valence-corrected chi connectivity index (χ3v) is 5.56. The smallest absolute Gasteiger partial charge is 0.240 e. The van der Waals surface area contributed by atoms with Crippen LogP contribution >= 0.6 is 0 Å². The summed E-state index contributed by atoms with van der Waals surface area (Å²) in [4.78, 5) is 13.7. The number of hydrogen-bond acceptors (Lipinski definition) is 5. The van der Waals surface area contributed by atoms with Crippen molar-refractivity contribution in [1.82, 2.24) is 4.72 Å². The third kappa shape index (κ3) is 5.01. The quantitative estimate of drug-likeness (QED) is 0.663. The number of benzene rings is 1. The van der Waals surface area contributed by atoms with Crippen LogP contribution in [0.1, 0.15) is 25.8 Å². The fourth-order valence-electron chi connectivity index (χ4n) is 2.96. The number of hydrogen-bond donors (Lipinski definition) is 1. The average Bonchev–Trinajstić information content (AvgIpc) is 2.88. The van der Waals surface area contributed by atoms with E-state index < -0.39 is 10.0 Å². The van der Waals surface area contributed by atoms with Crippen LogP contribution < -0.4 is 9.62 Å². The fraction of sp³-hybridized carbons (Fsp3) is 0.588. The van der Waals surface area contributed by atoms with Gasteiger partial charge in [-0.3, -0.25) is 4.79 Å². The summed E-state index contributed by atoms with van der Waals surface area (Å²) >= 11 is 0. The van der Waals surface area contributed by atoms with E-state index in [0.717, 1.165) is 11.3 Å². The molecular formula is C17H26N2O5S. The second kappa shape index (κ2) is 8.75. The van der Waals surface area contributed by atoms with Gasteiger partial charge in [-0.05, 0) is 43.5 Å². The molecule has 0 bridgehead atoms. The second-order valence-electron chi connectivity index (χ2n) is 6.09. The van der Waals surface area contributed by atoms with E-state index in [-0.39, 0.29) is 16.8 Å². The first kappa shape index (κ1) is 19.8. The summed E-state index contributed by atoms with van der Waals surface area (Å²) in [5.41, 5.74) is 1.68. The van der Waals surface area contributed by atoms with Gasteiger partial charge in [0.25, 0.3) is 0 Å². The molecule has 7 nitrogen and oxygen atoms in total. The van der Waals surface area contributed by atoms with Gasteiger partial charge in [0.1, 0.15) is 0 Å². The van der Waals surface area contributed by atoms with E-state index in [0.29, 0.717) is 39.2 Å². The first-order valence-corrected chi connectivity index (χ1v) is 9.84.